The molecule has 21 heavy (non-hydrogen) atoms. The standard InChI is InChI=1S/C16H21ClN2O2/c17-13-6-2-1-4-11(13)15-10-19(8-9-21-15)16(20)12-5-3-7-14(12)18/h1-2,4,6,12,14-15H,3,5,7-10,18H2/t12-,14+,15-/m0/s1. The number of amides is 1. The zero-order valence-corrected chi connectivity index (χ0v) is 12.8. The van der Waals surface area contributed by atoms with E-state index in [1.807, 2.05) is 29.2 Å². The minimum absolute atomic E-state index is 0.0131. The molecule has 1 aromatic rings. The number of rotatable bonds is 2. The van der Waals surface area contributed by atoms with Crippen LogP contribution in [0.25, 0.3) is 0 Å². The van der Waals surface area contributed by atoms with Gasteiger partial charge in [-0.15, -0.1) is 0 Å². The lowest BCUT2D eigenvalue weighted by Gasteiger charge is -2.35. The minimum atomic E-state index is -0.144. The van der Waals surface area contributed by atoms with Crippen molar-refractivity contribution in [3.63, 3.8) is 0 Å². The van der Waals surface area contributed by atoms with Crippen molar-refractivity contribution in [2.75, 3.05) is 19.7 Å². The summed E-state index contributed by atoms with van der Waals surface area (Å²) in [4.78, 5) is 14.5. The van der Waals surface area contributed by atoms with Crippen LogP contribution >= 0.6 is 11.6 Å². The molecule has 5 heteroatoms. The molecule has 1 aliphatic carbocycles. The number of halogens is 1. The molecule has 114 valence electrons. The number of hydrogen-bond donors (Lipinski definition) is 1. The van der Waals surface area contributed by atoms with Gasteiger partial charge in [-0.05, 0) is 18.9 Å². The molecule has 2 fully saturated rings. The Kier molecular flexibility index (Phi) is 4.48. The fraction of sp³-hybridized carbons (Fsp3) is 0.562. The van der Waals surface area contributed by atoms with E-state index in [0.717, 1.165) is 24.8 Å². The van der Waals surface area contributed by atoms with Crippen LogP contribution in [0.4, 0.5) is 0 Å². The van der Waals surface area contributed by atoms with Gasteiger partial charge in [0.25, 0.3) is 0 Å². The Hall–Kier alpha value is -1.10. The van der Waals surface area contributed by atoms with Crippen molar-refractivity contribution in [3.05, 3.63) is 34.9 Å². The number of carbonyl (C=O) groups is 1. The van der Waals surface area contributed by atoms with E-state index in [1.165, 1.54) is 0 Å². The minimum Gasteiger partial charge on any atom is -0.370 e. The molecule has 0 bridgehead atoms. The highest BCUT2D eigenvalue weighted by Gasteiger charge is 2.35. The first-order valence-electron chi connectivity index (χ1n) is 7.57. The van der Waals surface area contributed by atoms with Crippen LogP contribution in [0.1, 0.15) is 30.9 Å². The van der Waals surface area contributed by atoms with Gasteiger partial charge in [0.05, 0.1) is 19.1 Å². The number of ether oxygens (including phenoxy) is 1. The third-order valence-electron chi connectivity index (χ3n) is 4.52. The second-order valence-electron chi connectivity index (χ2n) is 5.87. The summed E-state index contributed by atoms with van der Waals surface area (Å²) in [5, 5.41) is 0.689. The molecule has 2 N–H and O–H groups in total. The smallest absolute Gasteiger partial charge is 0.227 e. The summed E-state index contributed by atoms with van der Waals surface area (Å²) in [6.07, 6.45) is 2.77. The fourth-order valence-corrected chi connectivity index (χ4v) is 3.56. The van der Waals surface area contributed by atoms with Crippen LogP contribution in [0.2, 0.25) is 5.02 Å². The van der Waals surface area contributed by atoms with E-state index in [0.29, 0.717) is 24.7 Å². The third kappa shape index (κ3) is 3.07. The normalized spacial score (nSPS) is 29.6. The van der Waals surface area contributed by atoms with Gasteiger partial charge in [-0.2, -0.15) is 0 Å². The van der Waals surface area contributed by atoms with Gasteiger partial charge < -0.3 is 15.4 Å². The monoisotopic (exact) mass is 308 g/mol. The van der Waals surface area contributed by atoms with Crippen molar-refractivity contribution >= 4 is 17.5 Å². The van der Waals surface area contributed by atoms with Gasteiger partial charge in [-0.3, -0.25) is 4.79 Å². The Bertz CT molecular complexity index is 523. The molecule has 1 aliphatic heterocycles. The molecule has 2 aliphatic rings. The van der Waals surface area contributed by atoms with Gasteiger partial charge in [-0.25, -0.2) is 0 Å². The quantitative estimate of drug-likeness (QED) is 0.912. The topological polar surface area (TPSA) is 55.6 Å². The Morgan fingerprint density at radius 3 is 2.86 bits per heavy atom. The Morgan fingerprint density at radius 1 is 1.33 bits per heavy atom. The van der Waals surface area contributed by atoms with E-state index in [1.54, 1.807) is 0 Å². The summed E-state index contributed by atoms with van der Waals surface area (Å²) in [5.41, 5.74) is 7.01. The van der Waals surface area contributed by atoms with Gasteiger partial charge in [0.2, 0.25) is 5.91 Å². The molecule has 3 atom stereocenters. The van der Waals surface area contributed by atoms with Crippen molar-refractivity contribution in [2.45, 2.75) is 31.4 Å². The lowest BCUT2D eigenvalue weighted by molar-refractivity contribution is -0.143. The zero-order chi connectivity index (χ0) is 14.8. The van der Waals surface area contributed by atoms with Crippen molar-refractivity contribution in [2.24, 2.45) is 11.7 Å². The number of nitrogens with zero attached hydrogens (tertiary/aromatic N) is 1. The third-order valence-corrected chi connectivity index (χ3v) is 4.86. The highest BCUT2D eigenvalue weighted by molar-refractivity contribution is 6.31. The van der Waals surface area contributed by atoms with Crippen LogP contribution in [0.5, 0.6) is 0 Å². The van der Waals surface area contributed by atoms with E-state index in [4.69, 9.17) is 22.1 Å². The van der Waals surface area contributed by atoms with E-state index in [-0.39, 0.29) is 24.0 Å². The maximum Gasteiger partial charge on any atom is 0.227 e. The highest BCUT2D eigenvalue weighted by atomic mass is 35.5. The molecule has 1 amide bonds. The second-order valence-corrected chi connectivity index (χ2v) is 6.27. The summed E-state index contributed by atoms with van der Waals surface area (Å²) in [7, 11) is 0. The van der Waals surface area contributed by atoms with E-state index in [9.17, 15) is 4.79 Å². The van der Waals surface area contributed by atoms with Crippen LogP contribution in [0, 0.1) is 5.92 Å². The average molecular weight is 309 g/mol. The summed E-state index contributed by atoms with van der Waals surface area (Å²) < 4.78 is 5.81. The van der Waals surface area contributed by atoms with Gasteiger partial charge in [0, 0.05) is 23.2 Å². The van der Waals surface area contributed by atoms with Crippen LogP contribution in [-0.4, -0.2) is 36.5 Å². The second kappa shape index (κ2) is 6.34. The molecule has 0 radical (unpaired) electrons. The molecule has 1 saturated heterocycles. The van der Waals surface area contributed by atoms with Crippen LogP contribution in [0.3, 0.4) is 0 Å². The first kappa shape index (κ1) is 14.8. The zero-order valence-electron chi connectivity index (χ0n) is 12.0. The van der Waals surface area contributed by atoms with Crippen molar-refractivity contribution in [1.29, 1.82) is 0 Å². The number of hydrogen-bond acceptors (Lipinski definition) is 3. The van der Waals surface area contributed by atoms with Gasteiger partial charge >= 0.3 is 0 Å². The van der Waals surface area contributed by atoms with Crippen molar-refractivity contribution < 1.29 is 9.53 Å². The molecule has 0 spiro atoms. The van der Waals surface area contributed by atoms with Gasteiger partial charge in [-0.1, -0.05) is 36.2 Å². The maximum absolute atomic E-state index is 12.6. The molecule has 0 aromatic heterocycles. The lowest BCUT2D eigenvalue weighted by Crippen LogP contribution is -2.47. The number of benzene rings is 1. The van der Waals surface area contributed by atoms with Crippen LogP contribution < -0.4 is 5.73 Å². The Balaban J connectivity index is 1.71. The van der Waals surface area contributed by atoms with Gasteiger partial charge in [0.1, 0.15) is 6.10 Å². The Labute approximate surface area is 130 Å². The summed E-state index contributed by atoms with van der Waals surface area (Å²) in [6, 6.07) is 7.67. The summed E-state index contributed by atoms with van der Waals surface area (Å²) >= 11 is 6.23. The summed E-state index contributed by atoms with van der Waals surface area (Å²) in [6.45, 7) is 1.75. The van der Waals surface area contributed by atoms with Crippen LogP contribution in [0.15, 0.2) is 24.3 Å². The lowest BCUT2D eigenvalue weighted by atomic mass is 10.0. The molecule has 1 heterocycles. The van der Waals surface area contributed by atoms with Crippen molar-refractivity contribution in [1.82, 2.24) is 4.90 Å². The SMILES string of the molecule is N[C@@H]1CCC[C@@H]1C(=O)N1CCO[C@H](c2ccccc2Cl)C1. The first-order valence-corrected chi connectivity index (χ1v) is 7.95. The first-order chi connectivity index (χ1) is 10.2. The highest BCUT2D eigenvalue weighted by Crippen LogP contribution is 2.31. The van der Waals surface area contributed by atoms with E-state index >= 15 is 0 Å². The molecular weight excluding hydrogens is 288 g/mol. The molecular formula is C16H21ClN2O2. The van der Waals surface area contributed by atoms with Crippen LogP contribution in [-0.2, 0) is 9.53 Å². The number of carbonyl (C=O) groups excluding carboxylic acids is 1. The molecule has 1 aromatic carbocycles. The predicted octanol–water partition coefficient (Wildman–Crippen LogP) is 2.37. The Morgan fingerprint density at radius 2 is 2.14 bits per heavy atom. The number of morpholine rings is 1. The van der Waals surface area contributed by atoms with Crippen molar-refractivity contribution in [3.8, 4) is 0 Å². The fourth-order valence-electron chi connectivity index (χ4n) is 3.30. The molecule has 4 nitrogen and oxygen atoms in total. The summed E-state index contributed by atoms with van der Waals surface area (Å²) in [5.74, 6) is 0.162. The van der Waals surface area contributed by atoms with Gasteiger partial charge in [0.15, 0.2) is 0 Å². The largest absolute Gasteiger partial charge is 0.370 e. The average Bonchev–Trinajstić information content (AvgIpc) is 2.93. The maximum atomic E-state index is 12.6. The predicted molar refractivity (Wildman–Crippen MR) is 82.0 cm³/mol. The van der Waals surface area contributed by atoms with E-state index in [2.05, 4.69) is 0 Å². The number of nitrogens with two attached hydrogens (primary N) is 1. The molecule has 3 rings (SSSR count). The molecule has 1 saturated carbocycles. The van der Waals surface area contributed by atoms with E-state index < -0.39 is 0 Å². The molecule has 0 unspecified atom stereocenters.